The molecule has 0 fully saturated rings. The van der Waals surface area contributed by atoms with Crippen LogP contribution in [0.5, 0.6) is 0 Å². The number of likely N-dealkylation sites (N-methyl/N-ethyl adjacent to an activating group) is 1. The van der Waals surface area contributed by atoms with Crippen LogP contribution in [0, 0.1) is 11.3 Å². The van der Waals surface area contributed by atoms with Gasteiger partial charge >= 0.3 is 0 Å². The summed E-state index contributed by atoms with van der Waals surface area (Å²) in [6.07, 6.45) is 9.70. The molecule has 27 heavy (non-hydrogen) atoms. The highest BCUT2D eigenvalue weighted by Crippen LogP contribution is 2.25. The van der Waals surface area contributed by atoms with Crippen molar-refractivity contribution in [3.05, 3.63) is 35.4 Å². The molecule has 1 aliphatic carbocycles. The summed E-state index contributed by atoms with van der Waals surface area (Å²) >= 11 is 0. The molecular formula is C22H36N4O. The number of rotatable bonds is 8. The second-order valence-electron chi connectivity index (χ2n) is 8.22. The van der Waals surface area contributed by atoms with Crippen LogP contribution in [0.1, 0.15) is 58.8 Å². The summed E-state index contributed by atoms with van der Waals surface area (Å²) in [6.45, 7) is 16.7. The predicted molar refractivity (Wildman–Crippen MR) is 112 cm³/mol. The first-order chi connectivity index (χ1) is 12.8. The van der Waals surface area contributed by atoms with E-state index in [0.717, 1.165) is 44.1 Å². The number of hydrogen-bond donors (Lipinski definition) is 1. The van der Waals surface area contributed by atoms with Crippen molar-refractivity contribution in [2.24, 2.45) is 11.3 Å². The van der Waals surface area contributed by atoms with E-state index in [9.17, 15) is 4.79 Å². The number of allylic oxidation sites excluding steroid dienone is 3. The molecule has 5 heteroatoms. The van der Waals surface area contributed by atoms with Gasteiger partial charge in [-0.2, -0.15) is 0 Å². The molecule has 1 atom stereocenters. The summed E-state index contributed by atoms with van der Waals surface area (Å²) in [6, 6.07) is 0. The van der Waals surface area contributed by atoms with Crippen LogP contribution >= 0.6 is 0 Å². The topological polar surface area (TPSA) is 50.2 Å². The van der Waals surface area contributed by atoms with E-state index in [4.69, 9.17) is 4.98 Å². The molecule has 1 unspecified atom stereocenters. The largest absolute Gasteiger partial charge is 0.348 e. The maximum absolute atomic E-state index is 12.3. The Morgan fingerprint density at radius 2 is 2.07 bits per heavy atom. The summed E-state index contributed by atoms with van der Waals surface area (Å²) in [5.41, 5.74) is 1.94. The number of fused-ring (bicyclic) bond motifs is 1. The van der Waals surface area contributed by atoms with Gasteiger partial charge in [-0.1, -0.05) is 52.8 Å². The average molecular weight is 373 g/mol. The van der Waals surface area contributed by atoms with E-state index >= 15 is 0 Å². The molecule has 1 aromatic heterocycles. The Bertz CT molecular complexity index is 690. The minimum Gasteiger partial charge on any atom is -0.348 e. The SMILES string of the molecule is C/C=C/C1C=Cc2c(nc(CNC(=O)C(C)(C)C)n2CCN(CC)CC)C1. The molecule has 0 aromatic carbocycles. The van der Waals surface area contributed by atoms with Gasteiger partial charge in [-0.05, 0) is 26.1 Å². The molecule has 5 nitrogen and oxygen atoms in total. The number of carbonyl (C=O) groups is 1. The van der Waals surface area contributed by atoms with Crippen LogP contribution in [0.2, 0.25) is 0 Å². The highest BCUT2D eigenvalue weighted by Gasteiger charge is 2.24. The van der Waals surface area contributed by atoms with E-state index in [2.05, 4.69) is 59.9 Å². The minimum atomic E-state index is -0.394. The Morgan fingerprint density at radius 3 is 2.67 bits per heavy atom. The van der Waals surface area contributed by atoms with Gasteiger partial charge in [-0.25, -0.2) is 4.98 Å². The summed E-state index contributed by atoms with van der Waals surface area (Å²) in [5.74, 6) is 1.42. The molecule has 150 valence electrons. The van der Waals surface area contributed by atoms with Gasteiger partial charge in [-0.3, -0.25) is 4.79 Å². The quantitative estimate of drug-likeness (QED) is 0.709. The highest BCUT2D eigenvalue weighted by atomic mass is 16.2. The maximum atomic E-state index is 12.3. The van der Waals surface area contributed by atoms with E-state index in [1.54, 1.807) is 0 Å². The lowest BCUT2D eigenvalue weighted by atomic mass is 9.96. The lowest BCUT2D eigenvalue weighted by Gasteiger charge is -2.21. The minimum absolute atomic E-state index is 0.0566. The van der Waals surface area contributed by atoms with E-state index in [1.807, 2.05) is 20.8 Å². The van der Waals surface area contributed by atoms with Crippen LogP contribution in [0.3, 0.4) is 0 Å². The van der Waals surface area contributed by atoms with Gasteiger partial charge < -0.3 is 14.8 Å². The van der Waals surface area contributed by atoms with Crippen LogP contribution in [0.4, 0.5) is 0 Å². The Labute approximate surface area is 164 Å². The number of hydrogen-bond acceptors (Lipinski definition) is 3. The number of amides is 1. The van der Waals surface area contributed by atoms with Gasteiger partial charge in [0.05, 0.1) is 17.9 Å². The molecule has 0 saturated carbocycles. The van der Waals surface area contributed by atoms with Gasteiger partial charge in [0.2, 0.25) is 5.91 Å². The van der Waals surface area contributed by atoms with Crippen LogP contribution in [0.25, 0.3) is 6.08 Å². The molecule has 1 N–H and O–H groups in total. The molecule has 1 aliphatic rings. The second-order valence-corrected chi connectivity index (χ2v) is 8.22. The third-order valence-electron chi connectivity index (χ3n) is 5.15. The number of carbonyl (C=O) groups excluding carboxylic acids is 1. The zero-order chi connectivity index (χ0) is 20.0. The molecule has 0 bridgehead atoms. The molecule has 1 heterocycles. The van der Waals surface area contributed by atoms with Gasteiger partial charge in [0.1, 0.15) is 5.82 Å². The first kappa shape index (κ1) is 21.4. The van der Waals surface area contributed by atoms with Crippen molar-refractivity contribution in [3.8, 4) is 0 Å². The van der Waals surface area contributed by atoms with E-state index < -0.39 is 5.41 Å². The highest BCUT2D eigenvalue weighted by molar-refractivity contribution is 5.81. The van der Waals surface area contributed by atoms with Crippen molar-refractivity contribution < 1.29 is 4.79 Å². The van der Waals surface area contributed by atoms with Crippen LogP contribution in [0.15, 0.2) is 18.2 Å². The molecule has 0 radical (unpaired) electrons. The van der Waals surface area contributed by atoms with E-state index in [-0.39, 0.29) is 5.91 Å². The van der Waals surface area contributed by atoms with E-state index in [0.29, 0.717) is 12.5 Å². The number of nitrogens with one attached hydrogen (secondary N) is 1. The Balaban J connectivity index is 2.23. The third kappa shape index (κ3) is 5.55. The van der Waals surface area contributed by atoms with Crippen molar-refractivity contribution >= 4 is 12.0 Å². The maximum Gasteiger partial charge on any atom is 0.225 e. The van der Waals surface area contributed by atoms with Crippen molar-refractivity contribution in [3.63, 3.8) is 0 Å². The molecule has 0 aliphatic heterocycles. The first-order valence-electron chi connectivity index (χ1n) is 10.2. The Morgan fingerprint density at radius 1 is 1.37 bits per heavy atom. The Hall–Kier alpha value is -1.88. The molecule has 0 saturated heterocycles. The summed E-state index contributed by atoms with van der Waals surface area (Å²) < 4.78 is 2.29. The monoisotopic (exact) mass is 372 g/mol. The smallest absolute Gasteiger partial charge is 0.225 e. The van der Waals surface area contributed by atoms with E-state index in [1.165, 1.54) is 5.69 Å². The fraction of sp³-hybridized carbons (Fsp3) is 0.636. The summed E-state index contributed by atoms with van der Waals surface area (Å²) in [4.78, 5) is 19.6. The number of aromatic nitrogens is 2. The van der Waals surface area contributed by atoms with Crippen molar-refractivity contribution in [1.82, 2.24) is 19.8 Å². The van der Waals surface area contributed by atoms with Gasteiger partial charge in [-0.15, -0.1) is 0 Å². The molecular weight excluding hydrogens is 336 g/mol. The van der Waals surface area contributed by atoms with Crippen molar-refractivity contribution in [2.45, 2.75) is 61.1 Å². The Kier molecular flexibility index (Phi) is 7.42. The molecule has 1 aromatic rings. The standard InChI is InChI=1S/C22H36N4O/c1-7-10-17-11-12-19-18(15-17)24-20(16-23-21(27)22(4,5)6)26(19)14-13-25(8-2)9-3/h7,10-12,17H,8-9,13-16H2,1-6H3,(H,23,27)/b10-7+. The van der Waals surface area contributed by atoms with Gasteiger partial charge in [0.15, 0.2) is 0 Å². The summed E-state index contributed by atoms with van der Waals surface area (Å²) in [5, 5.41) is 3.07. The van der Waals surface area contributed by atoms with Crippen LogP contribution in [-0.4, -0.2) is 40.0 Å². The second kappa shape index (κ2) is 9.36. The number of nitrogens with zero attached hydrogens (tertiary/aromatic N) is 3. The van der Waals surface area contributed by atoms with Crippen LogP contribution in [-0.2, 0) is 24.3 Å². The van der Waals surface area contributed by atoms with Crippen molar-refractivity contribution in [2.75, 3.05) is 19.6 Å². The van der Waals surface area contributed by atoms with Gasteiger partial charge in [0, 0.05) is 30.8 Å². The average Bonchev–Trinajstić information content (AvgIpc) is 2.97. The fourth-order valence-electron chi connectivity index (χ4n) is 3.38. The number of imidazole rings is 1. The lowest BCUT2D eigenvalue weighted by molar-refractivity contribution is -0.128. The fourth-order valence-corrected chi connectivity index (χ4v) is 3.38. The lowest BCUT2D eigenvalue weighted by Crippen LogP contribution is -2.35. The summed E-state index contributed by atoms with van der Waals surface area (Å²) in [7, 11) is 0. The molecule has 2 rings (SSSR count). The normalized spacial score (nSPS) is 16.9. The molecule has 0 spiro atoms. The van der Waals surface area contributed by atoms with Crippen molar-refractivity contribution in [1.29, 1.82) is 0 Å². The van der Waals surface area contributed by atoms with Crippen LogP contribution < -0.4 is 5.32 Å². The third-order valence-corrected chi connectivity index (χ3v) is 5.15. The first-order valence-corrected chi connectivity index (χ1v) is 10.2. The zero-order valence-corrected chi connectivity index (χ0v) is 17.9. The van der Waals surface area contributed by atoms with Gasteiger partial charge in [0.25, 0.3) is 0 Å². The molecule has 1 amide bonds. The zero-order valence-electron chi connectivity index (χ0n) is 17.9. The predicted octanol–water partition coefficient (Wildman–Crippen LogP) is 3.65.